The number of nitrogens with zero attached hydrogens (tertiary/aromatic N) is 5. The molecule has 0 N–H and O–H groups in total. The van der Waals surface area contributed by atoms with E-state index in [-0.39, 0.29) is 17.5 Å². The van der Waals surface area contributed by atoms with E-state index in [0.717, 1.165) is 18.7 Å². The van der Waals surface area contributed by atoms with Crippen LogP contribution in [0.25, 0.3) is 0 Å². The van der Waals surface area contributed by atoms with Crippen LogP contribution in [0.15, 0.2) is 45.9 Å². The Bertz CT molecular complexity index is 1040. The van der Waals surface area contributed by atoms with Crippen molar-refractivity contribution in [1.82, 2.24) is 24.2 Å². The molecule has 3 heterocycles. The van der Waals surface area contributed by atoms with Crippen LogP contribution in [0, 0.1) is 6.92 Å². The smallest absolute Gasteiger partial charge is 0.248 e. The fourth-order valence-corrected chi connectivity index (χ4v) is 5.06. The molecule has 0 aliphatic carbocycles. The Morgan fingerprint density at radius 2 is 1.96 bits per heavy atom. The van der Waals surface area contributed by atoms with Gasteiger partial charge in [0.15, 0.2) is 5.76 Å². The monoisotopic (exact) mass is 387 g/mol. The van der Waals surface area contributed by atoms with Crippen LogP contribution < -0.4 is 0 Å². The Morgan fingerprint density at radius 3 is 2.67 bits per heavy atom. The second-order valence-corrected chi connectivity index (χ2v) is 8.69. The van der Waals surface area contributed by atoms with Crippen molar-refractivity contribution in [2.24, 2.45) is 0 Å². The molecule has 0 amide bonds. The molecule has 2 aromatic heterocycles. The predicted molar refractivity (Wildman–Crippen MR) is 97.4 cm³/mol. The SMILES string of the molecule is Cc1oncc1S(=O)(=O)N1Cc2nnc(CCc3ccccc3)n2[C@@H](C)C1. The molecule has 4 rings (SSSR count). The minimum Gasteiger partial charge on any atom is -0.360 e. The van der Waals surface area contributed by atoms with Gasteiger partial charge in [-0.25, -0.2) is 8.42 Å². The highest BCUT2D eigenvalue weighted by Crippen LogP contribution is 2.28. The van der Waals surface area contributed by atoms with Gasteiger partial charge in [0.2, 0.25) is 10.0 Å². The van der Waals surface area contributed by atoms with Gasteiger partial charge in [0.1, 0.15) is 16.5 Å². The number of hydrogen-bond donors (Lipinski definition) is 0. The van der Waals surface area contributed by atoms with Crippen LogP contribution in [0.3, 0.4) is 0 Å². The molecule has 0 spiro atoms. The number of fused-ring (bicyclic) bond motifs is 1. The highest BCUT2D eigenvalue weighted by Gasteiger charge is 2.35. The molecule has 1 aromatic carbocycles. The lowest BCUT2D eigenvalue weighted by Gasteiger charge is -2.31. The van der Waals surface area contributed by atoms with Crippen molar-refractivity contribution < 1.29 is 12.9 Å². The average Bonchev–Trinajstić information content (AvgIpc) is 3.27. The van der Waals surface area contributed by atoms with Crippen LogP contribution in [0.2, 0.25) is 0 Å². The Balaban J connectivity index is 1.56. The van der Waals surface area contributed by atoms with Gasteiger partial charge in [0.05, 0.1) is 12.7 Å². The third-order valence-corrected chi connectivity index (χ3v) is 6.77. The van der Waals surface area contributed by atoms with Gasteiger partial charge >= 0.3 is 0 Å². The Hall–Kier alpha value is -2.52. The number of aryl methyl sites for hydroxylation is 3. The zero-order chi connectivity index (χ0) is 19.0. The molecule has 1 atom stereocenters. The van der Waals surface area contributed by atoms with Crippen molar-refractivity contribution >= 4 is 10.0 Å². The third kappa shape index (κ3) is 3.28. The molecule has 9 heteroatoms. The molecule has 0 unspecified atom stereocenters. The van der Waals surface area contributed by atoms with Gasteiger partial charge in [-0.2, -0.15) is 4.31 Å². The molecule has 0 saturated heterocycles. The minimum absolute atomic E-state index is 0.0514. The number of sulfonamides is 1. The van der Waals surface area contributed by atoms with Gasteiger partial charge in [-0.3, -0.25) is 0 Å². The van der Waals surface area contributed by atoms with Crippen molar-refractivity contribution in [3.05, 3.63) is 59.5 Å². The van der Waals surface area contributed by atoms with Gasteiger partial charge in [-0.05, 0) is 25.8 Å². The zero-order valence-electron chi connectivity index (χ0n) is 15.2. The summed E-state index contributed by atoms with van der Waals surface area (Å²) in [5, 5.41) is 12.2. The summed E-state index contributed by atoms with van der Waals surface area (Å²) in [4.78, 5) is 0.104. The summed E-state index contributed by atoms with van der Waals surface area (Å²) in [6.07, 6.45) is 2.88. The summed E-state index contributed by atoms with van der Waals surface area (Å²) in [5.41, 5.74) is 1.24. The van der Waals surface area contributed by atoms with E-state index >= 15 is 0 Å². The van der Waals surface area contributed by atoms with E-state index in [1.54, 1.807) is 6.92 Å². The molecule has 1 aliphatic heterocycles. The van der Waals surface area contributed by atoms with Crippen LogP contribution in [-0.2, 0) is 29.4 Å². The molecule has 0 radical (unpaired) electrons. The summed E-state index contributed by atoms with van der Waals surface area (Å²) < 4.78 is 34.2. The van der Waals surface area contributed by atoms with Crippen LogP contribution in [0.5, 0.6) is 0 Å². The van der Waals surface area contributed by atoms with Crippen molar-refractivity contribution in [3.63, 3.8) is 0 Å². The molecule has 0 fully saturated rings. The van der Waals surface area contributed by atoms with E-state index in [1.807, 2.05) is 25.1 Å². The van der Waals surface area contributed by atoms with E-state index < -0.39 is 10.0 Å². The first kappa shape index (κ1) is 17.9. The summed E-state index contributed by atoms with van der Waals surface area (Å²) in [7, 11) is -3.68. The summed E-state index contributed by atoms with van der Waals surface area (Å²) in [6.45, 7) is 4.13. The molecular weight excluding hydrogens is 366 g/mol. The fraction of sp³-hybridized carbons (Fsp3) is 0.389. The molecule has 0 bridgehead atoms. The summed E-state index contributed by atoms with van der Waals surface area (Å²) in [6, 6.07) is 10.2. The first-order valence-corrected chi connectivity index (χ1v) is 10.3. The quantitative estimate of drug-likeness (QED) is 0.666. The maximum absolute atomic E-state index is 12.9. The van der Waals surface area contributed by atoms with Crippen LogP contribution >= 0.6 is 0 Å². The van der Waals surface area contributed by atoms with Crippen molar-refractivity contribution in [3.8, 4) is 0 Å². The second kappa shape index (κ2) is 6.90. The van der Waals surface area contributed by atoms with Crippen molar-refractivity contribution in [2.45, 2.75) is 44.2 Å². The topological polar surface area (TPSA) is 94.1 Å². The minimum atomic E-state index is -3.68. The standard InChI is InChI=1S/C18H21N5O3S/c1-13-11-22(27(24,25)16-10-19-26-14(16)2)12-18-21-20-17(23(13)18)9-8-15-6-4-3-5-7-15/h3-7,10,13H,8-9,11-12H2,1-2H3/t13-/m0/s1. The Kier molecular flexibility index (Phi) is 4.56. The average molecular weight is 387 g/mol. The van der Waals surface area contributed by atoms with E-state index in [4.69, 9.17) is 4.52 Å². The number of rotatable bonds is 5. The lowest BCUT2D eigenvalue weighted by Crippen LogP contribution is -2.40. The number of aromatic nitrogens is 4. The van der Waals surface area contributed by atoms with Gasteiger partial charge in [0.25, 0.3) is 0 Å². The summed E-state index contributed by atoms with van der Waals surface area (Å²) >= 11 is 0. The molecule has 1 aliphatic rings. The molecule has 0 saturated carbocycles. The Labute approximate surface area is 157 Å². The van der Waals surface area contributed by atoms with Gasteiger partial charge in [-0.1, -0.05) is 35.5 Å². The lowest BCUT2D eigenvalue weighted by atomic mass is 10.1. The van der Waals surface area contributed by atoms with Gasteiger partial charge in [-0.15, -0.1) is 10.2 Å². The fourth-order valence-electron chi connectivity index (χ4n) is 3.51. The van der Waals surface area contributed by atoms with Crippen LogP contribution in [-0.4, -0.2) is 39.2 Å². The molecule has 3 aromatic rings. The van der Waals surface area contributed by atoms with Crippen LogP contribution in [0.1, 0.15) is 35.9 Å². The maximum atomic E-state index is 12.9. The first-order valence-electron chi connectivity index (χ1n) is 8.85. The van der Waals surface area contributed by atoms with Crippen molar-refractivity contribution in [1.29, 1.82) is 0 Å². The maximum Gasteiger partial charge on any atom is 0.248 e. The lowest BCUT2D eigenvalue weighted by molar-refractivity contribution is 0.286. The number of benzene rings is 1. The van der Waals surface area contributed by atoms with Gasteiger partial charge in [0, 0.05) is 19.0 Å². The van der Waals surface area contributed by atoms with Gasteiger partial charge < -0.3 is 9.09 Å². The molecule has 8 nitrogen and oxygen atoms in total. The zero-order valence-corrected chi connectivity index (χ0v) is 16.1. The predicted octanol–water partition coefficient (Wildman–Crippen LogP) is 2.13. The summed E-state index contributed by atoms with van der Waals surface area (Å²) in [5.74, 6) is 1.84. The van der Waals surface area contributed by atoms with E-state index in [0.29, 0.717) is 18.1 Å². The van der Waals surface area contributed by atoms with Crippen LogP contribution in [0.4, 0.5) is 0 Å². The normalized spacial score (nSPS) is 17.8. The number of hydrogen-bond acceptors (Lipinski definition) is 6. The van der Waals surface area contributed by atoms with Crippen molar-refractivity contribution in [2.75, 3.05) is 6.54 Å². The third-order valence-electron chi connectivity index (χ3n) is 4.87. The molecule has 142 valence electrons. The first-order chi connectivity index (χ1) is 13.0. The highest BCUT2D eigenvalue weighted by atomic mass is 32.2. The molecule has 27 heavy (non-hydrogen) atoms. The highest BCUT2D eigenvalue weighted by molar-refractivity contribution is 7.89. The Morgan fingerprint density at radius 1 is 1.19 bits per heavy atom. The molecular formula is C18H21N5O3S. The van der Waals surface area contributed by atoms with E-state index in [1.165, 1.54) is 16.1 Å². The second-order valence-electron chi connectivity index (χ2n) is 6.78. The van der Waals surface area contributed by atoms with E-state index in [2.05, 4.69) is 32.1 Å². The van der Waals surface area contributed by atoms with E-state index in [9.17, 15) is 8.42 Å². The largest absolute Gasteiger partial charge is 0.360 e.